The van der Waals surface area contributed by atoms with Crippen molar-refractivity contribution in [2.45, 2.75) is 20.3 Å². The van der Waals surface area contributed by atoms with Crippen molar-refractivity contribution in [1.29, 1.82) is 0 Å². The summed E-state index contributed by atoms with van der Waals surface area (Å²) in [5.74, 6) is 1.44. The summed E-state index contributed by atoms with van der Waals surface area (Å²) in [7, 11) is -2.86. The Labute approximate surface area is 132 Å². The van der Waals surface area contributed by atoms with Crippen LogP contribution in [0.4, 0.5) is 0 Å². The number of hydrogen-bond acceptors (Lipinski definition) is 4. The number of hydrogen-bond donors (Lipinski definition) is 1. The molecule has 2 aliphatic heterocycles. The van der Waals surface area contributed by atoms with E-state index >= 15 is 0 Å². The molecule has 126 valence electrons. The predicted octanol–water partition coefficient (Wildman–Crippen LogP) is -0.449. The van der Waals surface area contributed by atoms with E-state index in [1.54, 1.807) is 0 Å². The Balaban J connectivity index is 1.97. The van der Waals surface area contributed by atoms with Gasteiger partial charge in [-0.05, 0) is 26.2 Å². The molecule has 7 nitrogen and oxygen atoms in total. The molecule has 8 heteroatoms. The Bertz CT molecular complexity index is 532. The molecule has 22 heavy (non-hydrogen) atoms. The van der Waals surface area contributed by atoms with Gasteiger partial charge in [-0.15, -0.1) is 0 Å². The number of piperazine rings is 1. The van der Waals surface area contributed by atoms with Gasteiger partial charge in [-0.1, -0.05) is 0 Å². The number of carbonyl (C=O) groups excluding carboxylic acids is 1. The minimum atomic E-state index is -2.86. The molecule has 2 fully saturated rings. The third-order valence-electron chi connectivity index (χ3n) is 4.16. The van der Waals surface area contributed by atoms with Gasteiger partial charge in [-0.25, -0.2) is 8.42 Å². The van der Waals surface area contributed by atoms with E-state index in [4.69, 9.17) is 0 Å². The first-order valence-electron chi connectivity index (χ1n) is 7.96. The first-order chi connectivity index (χ1) is 10.4. The van der Waals surface area contributed by atoms with Gasteiger partial charge in [0.05, 0.1) is 18.1 Å². The van der Waals surface area contributed by atoms with E-state index in [1.807, 2.05) is 23.6 Å². The van der Waals surface area contributed by atoms with E-state index < -0.39 is 9.84 Å². The first-order valence-corrected chi connectivity index (χ1v) is 9.78. The summed E-state index contributed by atoms with van der Waals surface area (Å²) < 4.78 is 23.0. The molecular formula is C14H26N4O3S. The van der Waals surface area contributed by atoms with Gasteiger partial charge in [0.15, 0.2) is 15.8 Å². The predicted molar refractivity (Wildman–Crippen MR) is 86.6 cm³/mol. The molecule has 0 saturated carbocycles. The number of nitrogens with zero attached hydrogens (tertiary/aromatic N) is 3. The highest BCUT2D eigenvalue weighted by molar-refractivity contribution is 7.91. The summed E-state index contributed by atoms with van der Waals surface area (Å²) in [5, 5.41) is 3.21. The zero-order valence-electron chi connectivity index (χ0n) is 13.4. The quantitative estimate of drug-likeness (QED) is 0.558. The summed E-state index contributed by atoms with van der Waals surface area (Å²) in [6.45, 7) is 7.73. The van der Waals surface area contributed by atoms with Crippen molar-refractivity contribution >= 4 is 21.7 Å². The van der Waals surface area contributed by atoms with Crippen molar-refractivity contribution in [3.05, 3.63) is 0 Å². The lowest BCUT2D eigenvalue weighted by Crippen LogP contribution is -2.55. The monoisotopic (exact) mass is 330 g/mol. The first kappa shape index (κ1) is 17.1. The Morgan fingerprint density at radius 3 is 2.68 bits per heavy atom. The van der Waals surface area contributed by atoms with Crippen molar-refractivity contribution < 1.29 is 13.2 Å². The standard InChI is InChI=1S/C14H26N4O3S/c1-3-15-14(16-9-12-5-8-22(20,21)11-12)18-7-6-17(4-2)13(19)10-18/h12H,3-11H2,1-2H3,(H,15,16). The van der Waals surface area contributed by atoms with Gasteiger partial charge in [0, 0.05) is 32.7 Å². The van der Waals surface area contributed by atoms with Crippen LogP contribution in [-0.4, -0.2) is 80.9 Å². The maximum absolute atomic E-state index is 12.0. The number of aliphatic imine (C=N–C) groups is 1. The van der Waals surface area contributed by atoms with Crippen LogP contribution in [0.25, 0.3) is 0 Å². The van der Waals surface area contributed by atoms with E-state index in [0.717, 1.165) is 25.6 Å². The van der Waals surface area contributed by atoms with Crippen LogP contribution in [-0.2, 0) is 14.6 Å². The zero-order valence-corrected chi connectivity index (χ0v) is 14.2. The molecule has 2 rings (SSSR count). The smallest absolute Gasteiger partial charge is 0.242 e. The fraction of sp³-hybridized carbons (Fsp3) is 0.857. The number of nitrogens with one attached hydrogen (secondary N) is 1. The maximum atomic E-state index is 12.0. The lowest BCUT2D eigenvalue weighted by atomic mass is 10.1. The highest BCUT2D eigenvalue weighted by Gasteiger charge is 2.29. The van der Waals surface area contributed by atoms with Crippen LogP contribution in [0.15, 0.2) is 4.99 Å². The minimum absolute atomic E-state index is 0.103. The van der Waals surface area contributed by atoms with Crippen molar-refractivity contribution in [3.8, 4) is 0 Å². The molecule has 1 unspecified atom stereocenters. The summed E-state index contributed by atoms with van der Waals surface area (Å²) in [4.78, 5) is 20.4. The molecule has 0 aromatic rings. The lowest BCUT2D eigenvalue weighted by Gasteiger charge is -2.35. The number of carbonyl (C=O) groups is 1. The van der Waals surface area contributed by atoms with Crippen molar-refractivity contribution in [2.24, 2.45) is 10.9 Å². The molecule has 2 aliphatic rings. The Hall–Kier alpha value is -1.31. The van der Waals surface area contributed by atoms with E-state index in [9.17, 15) is 13.2 Å². The molecule has 1 atom stereocenters. The molecule has 0 spiro atoms. The van der Waals surface area contributed by atoms with Crippen LogP contribution in [0.2, 0.25) is 0 Å². The largest absolute Gasteiger partial charge is 0.357 e. The fourth-order valence-electron chi connectivity index (χ4n) is 2.88. The summed E-state index contributed by atoms with van der Waals surface area (Å²) in [6, 6.07) is 0. The van der Waals surface area contributed by atoms with Crippen LogP contribution < -0.4 is 5.32 Å². The second kappa shape index (κ2) is 7.30. The molecule has 1 N–H and O–H groups in total. The lowest BCUT2D eigenvalue weighted by molar-refractivity contribution is -0.134. The van der Waals surface area contributed by atoms with E-state index in [1.165, 1.54) is 0 Å². The van der Waals surface area contributed by atoms with E-state index in [2.05, 4.69) is 10.3 Å². The van der Waals surface area contributed by atoms with Gasteiger partial charge in [-0.2, -0.15) is 0 Å². The van der Waals surface area contributed by atoms with Gasteiger partial charge in [0.1, 0.15) is 0 Å². The Kier molecular flexibility index (Phi) is 5.66. The molecule has 0 aliphatic carbocycles. The second-order valence-electron chi connectivity index (χ2n) is 5.86. The summed E-state index contributed by atoms with van der Waals surface area (Å²) in [5.41, 5.74) is 0. The molecular weight excluding hydrogens is 304 g/mol. The van der Waals surface area contributed by atoms with Gasteiger partial charge in [0.25, 0.3) is 0 Å². The van der Waals surface area contributed by atoms with Gasteiger partial charge >= 0.3 is 0 Å². The third-order valence-corrected chi connectivity index (χ3v) is 6.00. The van der Waals surface area contributed by atoms with Crippen LogP contribution >= 0.6 is 0 Å². The average Bonchev–Trinajstić information content (AvgIpc) is 2.82. The SMILES string of the molecule is CCNC(=NCC1CCS(=O)(=O)C1)N1CCN(CC)C(=O)C1. The van der Waals surface area contributed by atoms with Crippen LogP contribution in [0.5, 0.6) is 0 Å². The van der Waals surface area contributed by atoms with Crippen LogP contribution in [0.3, 0.4) is 0 Å². The van der Waals surface area contributed by atoms with E-state index in [-0.39, 0.29) is 23.3 Å². The number of guanidine groups is 1. The van der Waals surface area contributed by atoms with Crippen molar-refractivity contribution in [3.63, 3.8) is 0 Å². The molecule has 0 aromatic heterocycles. The topological polar surface area (TPSA) is 82.1 Å². The zero-order chi connectivity index (χ0) is 16.2. The van der Waals surface area contributed by atoms with Gasteiger partial charge in [0.2, 0.25) is 5.91 Å². The third kappa shape index (κ3) is 4.34. The van der Waals surface area contributed by atoms with Crippen molar-refractivity contribution in [1.82, 2.24) is 15.1 Å². The van der Waals surface area contributed by atoms with Gasteiger partial charge < -0.3 is 15.1 Å². The number of rotatable bonds is 4. The number of likely N-dealkylation sites (N-methyl/N-ethyl adjacent to an activating group) is 1. The minimum Gasteiger partial charge on any atom is -0.357 e. The number of amides is 1. The number of sulfone groups is 1. The second-order valence-corrected chi connectivity index (χ2v) is 8.09. The fourth-order valence-corrected chi connectivity index (χ4v) is 4.73. The van der Waals surface area contributed by atoms with Crippen LogP contribution in [0, 0.1) is 5.92 Å². The Morgan fingerprint density at radius 1 is 1.36 bits per heavy atom. The molecule has 0 radical (unpaired) electrons. The van der Waals surface area contributed by atoms with Crippen molar-refractivity contribution in [2.75, 3.05) is 50.8 Å². The maximum Gasteiger partial charge on any atom is 0.242 e. The molecule has 2 heterocycles. The normalized spacial score (nSPS) is 25.6. The molecule has 2 saturated heterocycles. The molecule has 0 aromatic carbocycles. The van der Waals surface area contributed by atoms with Gasteiger partial charge in [-0.3, -0.25) is 9.79 Å². The Morgan fingerprint density at radius 2 is 2.14 bits per heavy atom. The highest BCUT2D eigenvalue weighted by atomic mass is 32.2. The van der Waals surface area contributed by atoms with Crippen LogP contribution in [0.1, 0.15) is 20.3 Å². The molecule has 0 bridgehead atoms. The summed E-state index contributed by atoms with van der Waals surface area (Å²) in [6.07, 6.45) is 0.688. The molecule has 1 amide bonds. The summed E-state index contributed by atoms with van der Waals surface area (Å²) >= 11 is 0. The average molecular weight is 330 g/mol. The van der Waals surface area contributed by atoms with E-state index in [0.29, 0.717) is 26.1 Å². The highest BCUT2D eigenvalue weighted by Crippen LogP contribution is 2.18.